The Labute approximate surface area is 344 Å². The Morgan fingerprint density at radius 2 is 0.898 bits per heavy atom. The minimum Gasteiger partial charge on any atom is -0.310 e. The monoisotopic (exact) mass is 760 g/mol. The van der Waals surface area contributed by atoms with Crippen molar-refractivity contribution >= 4 is 38.9 Å². The summed E-state index contributed by atoms with van der Waals surface area (Å²) in [6.07, 6.45) is 1.61. The molecule has 3 heteroatoms. The van der Waals surface area contributed by atoms with E-state index in [1.54, 1.807) is 0 Å². The van der Waals surface area contributed by atoms with E-state index in [1.807, 2.05) is 12.1 Å². The maximum Gasteiger partial charge on any atom is 0.123 e. The van der Waals surface area contributed by atoms with Crippen LogP contribution in [0.15, 0.2) is 224 Å². The number of anilines is 3. The lowest BCUT2D eigenvalue weighted by Crippen LogP contribution is -2.11. The fourth-order valence-electron chi connectivity index (χ4n) is 8.55. The maximum absolute atomic E-state index is 14.4. The molecule has 0 saturated carbocycles. The van der Waals surface area contributed by atoms with Crippen LogP contribution in [-0.4, -0.2) is 4.57 Å². The second-order valence-electron chi connectivity index (χ2n) is 15.1. The highest BCUT2D eigenvalue weighted by Crippen LogP contribution is 2.41. The van der Waals surface area contributed by atoms with Crippen LogP contribution in [-0.2, 0) is 12.8 Å². The minimum absolute atomic E-state index is 0.261. The molecule has 2 nitrogen and oxygen atoms in total. The van der Waals surface area contributed by atoms with Crippen LogP contribution in [0.2, 0.25) is 0 Å². The van der Waals surface area contributed by atoms with Gasteiger partial charge < -0.3 is 9.47 Å². The van der Waals surface area contributed by atoms with Crippen molar-refractivity contribution in [2.75, 3.05) is 4.90 Å². The first-order valence-corrected chi connectivity index (χ1v) is 20.2. The van der Waals surface area contributed by atoms with Gasteiger partial charge in [-0.1, -0.05) is 146 Å². The predicted octanol–water partition coefficient (Wildman–Crippen LogP) is 14.9. The lowest BCUT2D eigenvalue weighted by atomic mass is 9.89. The highest BCUT2D eigenvalue weighted by molar-refractivity contribution is 6.10. The molecule has 0 aliphatic heterocycles. The Morgan fingerprint density at radius 3 is 1.61 bits per heavy atom. The predicted molar refractivity (Wildman–Crippen MR) is 245 cm³/mol. The van der Waals surface area contributed by atoms with Gasteiger partial charge in [-0.3, -0.25) is 0 Å². The molecule has 0 atom stereocenters. The van der Waals surface area contributed by atoms with Crippen molar-refractivity contribution in [3.05, 3.63) is 253 Å². The van der Waals surface area contributed by atoms with Crippen molar-refractivity contribution in [2.24, 2.45) is 0 Å². The number of benzene rings is 9. The second-order valence-corrected chi connectivity index (χ2v) is 15.1. The summed E-state index contributed by atoms with van der Waals surface area (Å²) < 4.78 is 16.8. The van der Waals surface area contributed by atoms with Gasteiger partial charge in [0.1, 0.15) is 5.82 Å². The molecule has 59 heavy (non-hydrogen) atoms. The van der Waals surface area contributed by atoms with E-state index >= 15 is 0 Å². The average molecular weight is 761 g/mol. The molecule has 0 N–H and O–H groups in total. The van der Waals surface area contributed by atoms with Gasteiger partial charge in [0.2, 0.25) is 0 Å². The van der Waals surface area contributed by atoms with Crippen LogP contribution < -0.4 is 4.90 Å². The first kappa shape index (κ1) is 35.9. The van der Waals surface area contributed by atoms with Crippen molar-refractivity contribution in [2.45, 2.75) is 12.8 Å². The van der Waals surface area contributed by atoms with Gasteiger partial charge >= 0.3 is 0 Å². The van der Waals surface area contributed by atoms with Crippen LogP contribution in [0.4, 0.5) is 21.5 Å². The number of rotatable bonds is 10. The summed E-state index contributed by atoms with van der Waals surface area (Å²) in [5.74, 6) is -0.261. The fourth-order valence-corrected chi connectivity index (χ4v) is 8.55. The largest absolute Gasteiger partial charge is 0.310 e. The number of halogens is 1. The second kappa shape index (κ2) is 15.8. The molecule has 9 aromatic carbocycles. The highest BCUT2D eigenvalue weighted by Gasteiger charge is 2.19. The Kier molecular flexibility index (Phi) is 9.61. The van der Waals surface area contributed by atoms with Gasteiger partial charge in [0.15, 0.2) is 0 Å². The van der Waals surface area contributed by atoms with E-state index in [1.165, 1.54) is 67.3 Å². The molecule has 0 spiro atoms. The van der Waals surface area contributed by atoms with Gasteiger partial charge in [-0.05, 0) is 136 Å². The lowest BCUT2D eigenvalue weighted by Gasteiger charge is -2.27. The van der Waals surface area contributed by atoms with Gasteiger partial charge in [0.25, 0.3) is 0 Å². The molecule has 0 radical (unpaired) electrons. The van der Waals surface area contributed by atoms with E-state index < -0.39 is 0 Å². The normalized spacial score (nSPS) is 11.3. The van der Waals surface area contributed by atoms with E-state index in [9.17, 15) is 4.39 Å². The number of para-hydroxylation sites is 2. The van der Waals surface area contributed by atoms with Crippen molar-refractivity contribution in [1.29, 1.82) is 0 Å². The smallest absolute Gasteiger partial charge is 0.123 e. The topological polar surface area (TPSA) is 8.17 Å². The Hall–Kier alpha value is -7.49. The summed E-state index contributed by atoms with van der Waals surface area (Å²) in [6.45, 7) is 0. The zero-order valence-electron chi connectivity index (χ0n) is 32.5. The van der Waals surface area contributed by atoms with E-state index in [4.69, 9.17) is 0 Å². The highest BCUT2D eigenvalue weighted by atomic mass is 19.1. The summed E-state index contributed by atoms with van der Waals surface area (Å²) >= 11 is 0. The van der Waals surface area contributed by atoms with Gasteiger partial charge in [-0.15, -0.1) is 0 Å². The SMILES string of the molecule is Fc1ccc(N(c2ccc(-c3ccc4c(c3)c3ccccc3n4-c3ccccc3)cc2)c2ccc(-c3ccccc3Cc3ccccc3)c(Cc3ccccc3)c2)cc1. The number of fused-ring (bicyclic) bond motifs is 3. The van der Waals surface area contributed by atoms with Crippen LogP contribution >= 0.6 is 0 Å². The lowest BCUT2D eigenvalue weighted by molar-refractivity contribution is 0.628. The number of aromatic nitrogens is 1. The number of nitrogens with zero attached hydrogens (tertiary/aromatic N) is 2. The summed E-state index contributed by atoms with van der Waals surface area (Å²) in [5, 5.41) is 2.44. The molecule has 0 aliphatic carbocycles. The third-order valence-electron chi connectivity index (χ3n) is 11.4. The van der Waals surface area contributed by atoms with E-state index in [0.29, 0.717) is 0 Å². The standard InChI is InChI=1S/C56H41FN2/c57-46-27-31-49(32-28-46)58(48-29-24-42(25-30-48)43-26-35-56-54(39-43)53-22-12-13-23-55(53)59(56)47-19-8-3-9-20-47)50-33-34-52(45(38-50)37-41-16-6-2-7-17-41)51-21-11-10-18-44(51)36-40-14-4-1-5-15-40/h1-35,38-39H,36-37H2. The maximum atomic E-state index is 14.4. The Bertz CT molecular complexity index is 3020. The third-order valence-corrected chi connectivity index (χ3v) is 11.4. The van der Waals surface area contributed by atoms with E-state index in [0.717, 1.165) is 46.7 Å². The third kappa shape index (κ3) is 7.20. The quantitative estimate of drug-likeness (QED) is 0.135. The van der Waals surface area contributed by atoms with Crippen molar-refractivity contribution in [1.82, 2.24) is 4.57 Å². The zero-order valence-corrected chi connectivity index (χ0v) is 32.5. The Morgan fingerprint density at radius 1 is 0.373 bits per heavy atom. The van der Waals surface area contributed by atoms with Crippen LogP contribution in [0.25, 0.3) is 49.7 Å². The van der Waals surface area contributed by atoms with Gasteiger partial charge in [-0.25, -0.2) is 4.39 Å². The number of hydrogen-bond acceptors (Lipinski definition) is 1. The summed E-state index contributed by atoms with van der Waals surface area (Å²) in [6, 6.07) is 78.4. The van der Waals surface area contributed by atoms with Crippen LogP contribution in [0, 0.1) is 5.82 Å². The van der Waals surface area contributed by atoms with Crippen LogP contribution in [0.5, 0.6) is 0 Å². The van der Waals surface area contributed by atoms with E-state index in [2.05, 4.69) is 210 Å². The van der Waals surface area contributed by atoms with Gasteiger partial charge in [0, 0.05) is 33.5 Å². The first-order chi connectivity index (χ1) is 29.2. The van der Waals surface area contributed by atoms with Crippen molar-refractivity contribution in [3.8, 4) is 27.9 Å². The van der Waals surface area contributed by atoms with Gasteiger partial charge in [0.05, 0.1) is 11.0 Å². The molecule has 1 aromatic heterocycles. The molecule has 0 saturated heterocycles. The molecular formula is C56H41FN2. The van der Waals surface area contributed by atoms with Crippen molar-refractivity contribution < 1.29 is 4.39 Å². The molecule has 0 aliphatic rings. The summed E-state index contributed by atoms with van der Waals surface area (Å²) in [4.78, 5) is 2.23. The molecule has 0 fully saturated rings. The summed E-state index contributed by atoms with van der Waals surface area (Å²) in [5.41, 5.74) is 16.2. The zero-order chi connectivity index (χ0) is 39.5. The average Bonchev–Trinajstić information content (AvgIpc) is 3.62. The fraction of sp³-hybridized carbons (Fsp3) is 0.0357. The molecule has 1 heterocycles. The van der Waals surface area contributed by atoms with Gasteiger partial charge in [-0.2, -0.15) is 0 Å². The molecule has 282 valence electrons. The molecule has 0 unspecified atom stereocenters. The first-order valence-electron chi connectivity index (χ1n) is 20.2. The molecule has 10 rings (SSSR count). The van der Waals surface area contributed by atoms with E-state index in [-0.39, 0.29) is 5.82 Å². The molecular weight excluding hydrogens is 720 g/mol. The van der Waals surface area contributed by atoms with Crippen molar-refractivity contribution in [3.63, 3.8) is 0 Å². The minimum atomic E-state index is -0.261. The van der Waals surface area contributed by atoms with Crippen LogP contribution in [0.3, 0.4) is 0 Å². The van der Waals surface area contributed by atoms with Crippen LogP contribution in [0.1, 0.15) is 22.3 Å². The molecule has 10 aromatic rings. The molecule has 0 amide bonds. The summed E-state index contributed by atoms with van der Waals surface area (Å²) in [7, 11) is 0. The Balaban J connectivity index is 1.06. The molecule has 0 bridgehead atoms. The number of hydrogen-bond donors (Lipinski definition) is 0.